The number of nitrogens with two attached hydrogens (primary N) is 1. The molecule has 0 aliphatic carbocycles. The Morgan fingerprint density at radius 1 is 1.30 bits per heavy atom. The lowest BCUT2D eigenvalue weighted by atomic mass is 10.0. The monoisotopic (exact) mass is 306 g/mol. The normalized spacial score (nSPS) is 20.2. The van der Waals surface area contributed by atoms with Gasteiger partial charge in [0, 0.05) is 32.4 Å². The smallest absolute Gasteiger partial charge is 0.159 e. The van der Waals surface area contributed by atoms with E-state index in [1.54, 1.807) is 0 Å². The van der Waals surface area contributed by atoms with E-state index in [0.29, 0.717) is 6.42 Å². The quantitative estimate of drug-likeness (QED) is 0.299. The molecule has 0 unspecified atom stereocenters. The second-order valence-corrected chi connectivity index (χ2v) is 8.12. The van der Waals surface area contributed by atoms with Gasteiger partial charge in [0.2, 0.25) is 0 Å². The first-order valence-electron chi connectivity index (χ1n) is 6.80. The molecule has 7 nitrogen and oxygen atoms in total. The Morgan fingerprint density at radius 2 is 1.85 bits per heavy atom. The van der Waals surface area contributed by atoms with Crippen molar-refractivity contribution in [2.75, 3.05) is 44.7 Å². The van der Waals surface area contributed by atoms with E-state index in [-0.39, 0.29) is 11.6 Å². The third-order valence-corrected chi connectivity index (χ3v) is 4.92. The molecule has 0 aromatic rings. The second kappa shape index (κ2) is 6.73. The average molecular weight is 306 g/mol. The maximum Gasteiger partial charge on any atom is 0.159 e. The van der Waals surface area contributed by atoms with Crippen molar-refractivity contribution in [3.05, 3.63) is 0 Å². The molecule has 20 heavy (non-hydrogen) atoms. The molecular weight excluding hydrogens is 280 g/mol. The Hall–Kier alpha value is -0.860. The molecule has 0 aromatic heterocycles. The summed E-state index contributed by atoms with van der Waals surface area (Å²) in [5.74, 6) is 0.450. The van der Waals surface area contributed by atoms with E-state index in [1.807, 2.05) is 13.8 Å². The highest BCUT2D eigenvalue weighted by Crippen LogP contribution is 2.17. The molecular formula is C12H26N4O3S. The van der Waals surface area contributed by atoms with Gasteiger partial charge in [-0.25, -0.2) is 8.42 Å². The van der Waals surface area contributed by atoms with Crippen molar-refractivity contribution < 1.29 is 13.6 Å². The number of piperazine rings is 1. The van der Waals surface area contributed by atoms with Crippen molar-refractivity contribution in [3.8, 4) is 0 Å². The largest absolute Gasteiger partial charge is 0.409 e. The van der Waals surface area contributed by atoms with Crippen LogP contribution in [0.4, 0.5) is 0 Å². The van der Waals surface area contributed by atoms with Crippen molar-refractivity contribution in [2.24, 2.45) is 10.9 Å². The molecule has 0 atom stereocenters. The molecule has 0 aromatic carbocycles. The van der Waals surface area contributed by atoms with E-state index in [9.17, 15) is 8.42 Å². The summed E-state index contributed by atoms with van der Waals surface area (Å²) in [4.78, 5) is 4.43. The lowest BCUT2D eigenvalue weighted by molar-refractivity contribution is 0.0834. The fourth-order valence-corrected chi connectivity index (χ4v) is 3.02. The van der Waals surface area contributed by atoms with E-state index in [4.69, 9.17) is 10.9 Å². The number of sulfone groups is 1. The minimum absolute atomic E-state index is 0.211. The first kappa shape index (κ1) is 17.2. The molecule has 1 aliphatic heterocycles. The van der Waals surface area contributed by atoms with Gasteiger partial charge in [0.05, 0.1) is 11.3 Å². The number of nitrogens with zero attached hydrogens (tertiary/aromatic N) is 3. The Balaban J connectivity index is 2.40. The molecule has 3 N–H and O–H groups in total. The topological polar surface area (TPSA) is 99.2 Å². The van der Waals surface area contributed by atoms with Crippen LogP contribution in [0.25, 0.3) is 0 Å². The summed E-state index contributed by atoms with van der Waals surface area (Å²) >= 11 is 0. The van der Waals surface area contributed by atoms with E-state index in [2.05, 4.69) is 15.0 Å². The maximum atomic E-state index is 11.1. The van der Waals surface area contributed by atoms with Crippen molar-refractivity contribution in [2.45, 2.75) is 25.8 Å². The fourth-order valence-electron chi connectivity index (χ4n) is 2.37. The van der Waals surface area contributed by atoms with Crippen LogP contribution in [0.2, 0.25) is 0 Å². The van der Waals surface area contributed by atoms with Gasteiger partial charge in [0.25, 0.3) is 0 Å². The van der Waals surface area contributed by atoms with Gasteiger partial charge < -0.3 is 15.8 Å². The molecule has 0 bridgehead atoms. The first-order valence-corrected chi connectivity index (χ1v) is 8.86. The standard InChI is InChI=1S/C12H26N4O3S/c1-12(2,11(13)14-17)16-8-6-15(7-9-16)5-4-10-20(3,18)19/h17H,4-10H2,1-3H3,(H2,13,14). The van der Waals surface area contributed by atoms with E-state index < -0.39 is 15.4 Å². The molecule has 0 amide bonds. The van der Waals surface area contributed by atoms with Gasteiger partial charge in [-0.1, -0.05) is 5.16 Å². The van der Waals surface area contributed by atoms with Gasteiger partial charge in [0.15, 0.2) is 5.84 Å². The van der Waals surface area contributed by atoms with E-state index >= 15 is 0 Å². The van der Waals surface area contributed by atoms with Crippen molar-refractivity contribution >= 4 is 15.7 Å². The highest BCUT2D eigenvalue weighted by molar-refractivity contribution is 7.90. The molecule has 1 heterocycles. The van der Waals surface area contributed by atoms with Crippen LogP contribution in [0.5, 0.6) is 0 Å². The van der Waals surface area contributed by atoms with E-state index in [1.165, 1.54) is 6.26 Å². The Labute approximate surface area is 121 Å². The van der Waals surface area contributed by atoms with Crippen LogP contribution < -0.4 is 5.73 Å². The van der Waals surface area contributed by atoms with Gasteiger partial charge in [-0.3, -0.25) is 4.90 Å². The van der Waals surface area contributed by atoms with Crippen LogP contribution in [-0.2, 0) is 9.84 Å². The number of hydrogen-bond donors (Lipinski definition) is 2. The maximum absolute atomic E-state index is 11.1. The van der Waals surface area contributed by atoms with Crippen LogP contribution in [-0.4, -0.2) is 79.5 Å². The molecule has 8 heteroatoms. The van der Waals surface area contributed by atoms with Gasteiger partial charge >= 0.3 is 0 Å². The molecule has 0 spiro atoms. The number of hydrogen-bond acceptors (Lipinski definition) is 6. The molecule has 1 fully saturated rings. The first-order chi connectivity index (χ1) is 9.16. The van der Waals surface area contributed by atoms with Crippen LogP contribution in [0.15, 0.2) is 5.16 Å². The Kier molecular flexibility index (Phi) is 5.79. The summed E-state index contributed by atoms with van der Waals surface area (Å²) in [7, 11) is -2.87. The Bertz CT molecular complexity index is 440. The summed E-state index contributed by atoms with van der Waals surface area (Å²) in [6.45, 7) is 8.04. The van der Waals surface area contributed by atoms with Crippen molar-refractivity contribution in [3.63, 3.8) is 0 Å². The fraction of sp³-hybridized carbons (Fsp3) is 0.917. The van der Waals surface area contributed by atoms with Gasteiger partial charge in [-0.2, -0.15) is 0 Å². The van der Waals surface area contributed by atoms with Gasteiger partial charge in [0.1, 0.15) is 9.84 Å². The SMILES string of the molecule is CC(C)(C(N)=NO)N1CCN(CCCS(C)(=O)=O)CC1. The predicted molar refractivity (Wildman–Crippen MR) is 79.8 cm³/mol. The summed E-state index contributed by atoms with van der Waals surface area (Å²) in [6.07, 6.45) is 1.94. The lowest BCUT2D eigenvalue weighted by Gasteiger charge is -2.43. The third kappa shape index (κ3) is 4.92. The lowest BCUT2D eigenvalue weighted by Crippen LogP contribution is -2.59. The zero-order chi connectivity index (χ0) is 15.4. The molecule has 1 aliphatic rings. The zero-order valence-corrected chi connectivity index (χ0v) is 13.4. The van der Waals surface area contributed by atoms with E-state index in [0.717, 1.165) is 32.7 Å². The minimum Gasteiger partial charge on any atom is -0.409 e. The molecule has 118 valence electrons. The van der Waals surface area contributed by atoms with Gasteiger partial charge in [-0.05, 0) is 26.8 Å². The average Bonchev–Trinajstić information content (AvgIpc) is 2.36. The van der Waals surface area contributed by atoms with Crippen molar-refractivity contribution in [1.82, 2.24) is 9.80 Å². The summed E-state index contributed by atoms with van der Waals surface area (Å²) in [5, 5.41) is 11.9. The van der Waals surface area contributed by atoms with Crippen LogP contribution in [0.3, 0.4) is 0 Å². The van der Waals surface area contributed by atoms with Crippen LogP contribution in [0.1, 0.15) is 20.3 Å². The highest BCUT2D eigenvalue weighted by atomic mass is 32.2. The zero-order valence-electron chi connectivity index (χ0n) is 12.5. The molecule has 0 saturated carbocycles. The number of amidine groups is 1. The van der Waals surface area contributed by atoms with Gasteiger partial charge in [-0.15, -0.1) is 0 Å². The predicted octanol–water partition coefficient (Wildman–Crippen LogP) is -0.436. The highest BCUT2D eigenvalue weighted by Gasteiger charge is 2.33. The Morgan fingerprint density at radius 3 is 2.30 bits per heavy atom. The molecule has 1 rings (SSSR count). The number of rotatable bonds is 6. The summed E-state index contributed by atoms with van der Waals surface area (Å²) < 4.78 is 22.2. The molecule has 0 radical (unpaired) electrons. The van der Waals surface area contributed by atoms with Crippen LogP contribution in [0, 0.1) is 0 Å². The van der Waals surface area contributed by atoms with Crippen LogP contribution >= 0.6 is 0 Å². The summed E-state index contributed by atoms with van der Waals surface area (Å²) in [5.41, 5.74) is 5.26. The minimum atomic E-state index is -2.87. The molecule has 1 saturated heterocycles. The summed E-state index contributed by atoms with van der Waals surface area (Å²) in [6, 6.07) is 0. The third-order valence-electron chi connectivity index (χ3n) is 3.89. The van der Waals surface area contributed by atoms with Crippen molar-refractivity contribution in [1.29, 1.82) is 0 Å². The second-order valence-electron chi connectivity index (χ2n) is 5.86. The number of oxime groups is 1.